The van der Waals surface area contributed by atoms with Crippen molar-refractivity contribution >= 4 is 9.24 Å². The van der Waals surface area contributed by atoms with Gasteiger partial charge in [0.1, 0.15) is 0 Å². The van der Waals surface area contributed by atoms with Crippen LogP contribution in [0.3, 0.4) is 0 Å². The van der Waals surface area contributed by atoms with Crippen LogP contribution in [0.25, 0.3) is 0 Å². The minimum Gasteiger partial charge on any atom is -0.330 e. The Kier molecular flexibility index (Phi) is 3.59. The summed E-state index contributed by atoms with van der Waals surface area (Å²) >= 11 is 0. The van der Waals surface area contributed by atoms with Gasteiger partial charge in [-0.2, -0.15) is 0 Å². The first kappa shape index (κ1) is 7.39. The highest BCUT2D eigenvalue weighted by Gasteiger charge is 2.01. The van der Waals surface area contributed by atoms with Gasteiger partial charge in [-0.25, -0.2) is 0 Å². The third-order valence-corrected chi connectivity index (χ3v) is 2.17. The molecular formula is C5H14NP. The van der Waals surface area contributed by atoms with Crippen LogP contribution in [0.4, 0.5) is 0 Å². The maximum atomic E-state index is 5.35. The lowest BCUT2D eigenvalue weighted by Gasteiger charge is -2.10. The van der Waals surface area contributed by atoms with E-state index < -0.39 is 0 Å². The van der Waals surface area contributed by atoms with E-state index in [-0.39, 0.29) is 0 Å². The Morgan fingerprint density at radius 3 is 2.00 bits per heavy atom. The molecule has 0 amide bonds. The fourth-order valence-corrected chi connectivity index (χ4v) is 0.272. The van der Waals surface area contributed by atoms with Gasteiger partial charge in [-0.05, 0) is 18.1 Å². The van der Waals surface area contributed by atoms with E-state index in [9.17, 15) is 0 Å². The summed E-state index contributed by atoms with van der Waals surface area (Å²) in [7, 11) is 2.72. The summed E-state index contributed by atoms with van der Waals surface area (Å²) in [6.07, 6.45) is 0. The van der Waals surface area contributed by atoms with Crippen LogP contribution in [-0.4, -0.2) is 12.2 Å². The van der Waals surface area contributed by atoms with Gasteiger partial charge in [-0.15, -0.1) is 9.24 Å². The molecule has 0 aliphatic carbocycles. The lowest BCUT2D eigenvalue weighted by Crippen LogP contribution is -2.18. The summed E-state index contributed by atoms with van der Waals surface area (Å²) in [5.41, 5.74) is 5.95. The van der Waals surface area contributed by atoms with Gasteiger partial charge in [0.25, 0.3) is 0 Å². The Balaban J connectivity index is 3.14. The van der Waals surface area contributed by atoms with Crippen molar-refractivity contribution in [1.82, 2.24) is 0 Å². The molecule has 7 heavy (non-hydrogen) atoms. The van der Waals surface area contributed by atoms with Gasteiger partial charge in [0.2, 0.25) is 0 Å². The van der Waals surface area contributed by atoms with Crippen molar-refractivity contribution in [2.75, 3.05) is 6.54 Å². The topological polar surface area (TPSA) is 26.0 Å². The van der Waals surface area contributed by atoms with Crippen LogP contribution in [-0.2, 0) is 0 Å². The molecule has 2 N–H and O–H groups in total. The molecule has 0 heterocycles. The van der Waals surface area contributed by atoms with Crippen LogP contribution in [0.5, 0.6) is 0 Å². The maximum Gasteiger partial charge on any atom is -0.00117 e. The molecule has 0 aromatic carbocycles. The van der Waals surface area contributed by atoms with Crippen LogP contribution in [0.2, 0.25) is 0 Å². The van der Waals surface area contributed by atoms with Crippen LogP contribution in [0, 0.1) is 5.92 Å². The second-order valence-electron chi connectivity index (χ2n) is 2.14. The fraction of sp³-hybridized carbons (Fsp3) is 1.00. The molecule has 2 unspecified atom stereocenters. The molecule has 0 radical (unpaired) electrons. The van der Waals surface area contributed by atoms with Crippen molar-refractivity contribution in [3.63, 3.8) is 0 Å². The summed E-state index contributed by atoms with van der Waals surface area (Å²) in [6, 6.07) is 0. The summed E-state index contributed by atoms with van der Waals surface area (Å²) < 4.78 is 0. The molecule has 0 fully saturated rings. The zero-order chi connectivity index (χ0) is 5.86. The normalized spacial score (nSPS) is 15.0. The highest BCUT2D eigenvalue weighted by atomic mass is 31.0. The van der Waals surface area contributed by atoms with E-state index in [1.165, 1.54) is 0 Å². The zero-order valence-electron chi connectivity index (χ0n) is 5.02. The molecule has 0 aliphatic heterocycles. The zero-order valence-corrected chi connectivity index (χ0v) is 6.17. The van der Waals surface area contributed by atoms with Crippen LogP contribution >= 0.6 is 9.24 Å². The molecule has 0 saturated heterocycles. The highest BCUT2D eigenvalue weighted by molar-refractivity contribution is 7.17. The predicted octanol–water partition coefficient (Wildman–Crippen LogP) is 0.845. The summed E-state index contributed by atoms with van der Waals surface area (Å²) in [5, 5.41) is 0. The van der Waals surface area contributed by atoms with Crippen molar-refractivity contribution < 1.29 is 0 Å². The van der Waals surface area contributed by atoms with Crippen molar-refractivity contribution in [3.8, 4) is 0 Å². The summed E-state index contributed by atoms with van der Waals surface area (Å²) in [6.45, 7) is 5.12. The minimum absolute atomic E-state index is 0.597. The highest BCUT2D eigenvalue weighted by Crippen LogP contribution is 2.08. The first-order valence-corrected chi connectivity index (χ1v) is 3.30. The Morgan fingerprint density at radius 1 is 1.57 bits per heavy atom. The summed E-state index contributed by atoms with van der Waals surface area (Å²) in [5.74, 6) is 0.704. The predicted molar refractivity (Wildman–Crippen MR) is 37.4 cm³/mol. The van der Waals surface area contributed by atoms with E-state index in [0.29, 0.717) is 11.6 Å². The molecule has 0 saturated carbocycles. The van der Waals surface area contributed by atoms with E-state index >= 15 is 0 Å². The van der Waals surface area contributed by atoms with Crippen molar-refractivity contribution in [2.45, 2.75) is 19.5 Å². The molecule has 0 aromatic heterocycles. The molecule has 1 nitrogen and oxygen atoms in total. The molecule has 0 rings (SSSR count). The van der Waals surface area contributed by atoms with E-state index in [1.54, 1.807) is 0 Å². The molecule has 2 atom stereocenters. The number of nitrogens with two attached hydrogens (primary N) is 1. The average molecular weight is 119 g/mol. The lowest BCUT2D eigenvalue weighted by molar-refractivity contribution is 0.613. The van der Waals surface area contributed by atoms with Crippen LogP contribution in [0.1, 0.15) is 13.8 Å². The summed E-state index contributed by atoms with van der Waals surface area (Å²) in [4.78, 5) is 0. The Morgan fingerprint density at radius 2 is 2.00 bits per heavy atom. The third-order valence-electron chi connectivity index (χ3n) is 1.13. The molecule has 0 aliphatic rings. The Bertz CT molecular complexity index is 45.3. The molecular weight excluding hydrogens is 105 g/mol. The molecule has 0 aromatic rings. The van der Waals surface area contributed by atoms with E-state index in [2.05, 4.69) is 23.1 Å². The van der Waals surface area contributed by atoms with E-state index in [4.69, 9.17) is 5.73 Å². The van der Waals surface area contributed by atoms with Crippen molar-refractivity contribution in [3.05, 3.63) is 0 Å². The second kappa shape index (κ2) is 3.40. The molecule has 2 heteroatoms. The van der Waals surface area contributed by atoms with Gasteiger partial charge in [-0.1, -0.05) is 13.8 Å². The SMILES string of the molecule is CC(C)C(P)CN. The average Bonchev–Trinajstić information content (AvgIpc) is 1.65. The van der Waals surface area contributed by atoms with Gasteiger partial charge < -0.3 is 5.73 Å². The number of hydrogen-bond donors (Lipinski definition) is 1. The lowest BCUT2D eigenvalue weighted by atomic mass is 10.1. The fourth-order valence-electron chi connectivity index (χ4n) is 0.272. The third kappa shape index (κ3) is 3.02. The monoisotopic (exact) mass is 119 g/mol. The smallest absolute Gasteiger partial charge is 0.00117 e. The van der Waals surface area contributed by atoms with Crippen LogP contribution < -0.4 is 5.73 Å². The largest absolute Gasteiger partial charge is 0.330 e. The van der Waals surface area contributed by atoms with Gasteiger partial charge in [0, 0.05) is 0 Å². The minimum atomic E-state index is 0.597. The quantitative estimate of drug-likeness (QED) is 0.536. The van der Waals surface area contributed by atoms with Crippen LogP contribution in [0.15, 0.2) is 0 Å². The van der Waals surface area contributed by atoms with Gasteiger partial charge >= 0.3 is 0 Å². The van der Waals surface area contributed by atoms with Gasteiger partial charge in [-0.3, -0.25) is 0 Å². The first-order chi connectivity index (χ1) is 3.18. The Hall–Kier alpha value is 0.390. The Labute approximate surface area is 47.9 Å². The maximum absolute atomic E-state index is 5.35. The van der Waals surface area contributed by atoms with E-state index in [0.717, 1.165) is 6.54 Å². The van der Waals surface area contributed by atoms with E-state index in [1.807, 2.05) is 0 Å². The van der Waals surface area contributed by atoms with Gasteiger partial charge in [0.05, 0.1) is 0 Å². The molecule has 0 spiro atoms. The first-order valence-electron chi connectivity index (χ1n) is 2.64. The number of rotatable bonds is 2. The molecule has 44 valence electrons. The molecule has 0 bridgehead atoms. The second-order valence-corrected chi connectivity index (χ2v) is 3.00. The van der Waals surface area contributed by atoms with Gasteiger partial charge in [0.15, 0.2) is 0 Å². The number of hydrogen-bond acceptors (Lipinski definition) is 1. The van der Waals surface area contributed by atoms with Crippen molar-refractivity contribution in [1.29, 1.82) is 0 Å². The standard InChI is InChI=1S/C5H14NP/c1-4(2)5(7)3-6/h4-5H,3,6-7H2,1-2H3. The van der Waals surface area contributed by atoms with Crippen molar-refractivity contribution in [2.24, 2.45) is 11.7 Å².